The van der Waals surface area contributed by atoms with Crippen LogP contribution in [0.5, 0.6) is 5.75 Å². The number of nitrogens with zero attached hydrogens (tertiary/aromatic N) is 3. The number of carbonyl (C=O) groups excluding carboxylic acids is 1. The fourth-order valence-corrected chi connectivity index (χ4v) is 1.47. The van der Waals surface area contributed by atoms with E-state index >= 15 is 0 Å². The molecule has 1 heterocycles. The van der Waals surface area contributed by atoms with Crippen molar-refractivity contribution in [1.29, 1.82) is 0 Å². The van der Waals surface area contributed by atoms with Gasteiger partial charge in [0.2, 0.25) is 0 Å². The third-order valence-electron chi connectivity index (χ3n) is 2.45. The summed E-state index contributed by atoms with van der Waals surface area (Å²) >= 11 is 0. The normalized spacial score (nSPS) is 12.8. The molecule has 7 nitrogen and oxygen atoms in total. The van der Waals surface area contributed by atoms with Gasteiger partial charge in [0.05, 0.1) is 5.56 Å². The number of ether oxygens (including phenoxy) is 1. The summed E-state index contributed by atoms with van der Waals surface area (Å²) in [6.07, 6.45) is -5.74. The molecule has 1 aromatic carbocycles. The van der Waals surface area contributed by atoms with Crippen LogP contribution < -0.4 is 10.1 Å². The second-order valence-electron chi connectivity index (χ2n) is 3.98. The molecule has 0 spiro atoms. The molecule has 0 bridgehead atoms. The van der Waals surface area contributed by atoms with Gasteiger partial charge >= 0.3 is 6.18 Å². The second kappa shape index (κ2) is 5.77. The minimum absolute atomic E-state index is 0.0976. The zero-order valence-corrected chi connectivity index (χ0v) is 10.7. The number of carbonyl (C=O) groups is 1. The van der Waals surface area contributed by atoms with E-state index in [9.17, 15) is 18.0 Å². The van der Waals surface area contributed by atoms with Gasteiger partial charge < -0.3 is 4.74 Å². The quantitative estimate of drug-likeness (QED) is 0.895. The number of alkyl halides is 3. The molecule has 1 amide bonds. The highest BCUT2D eigenvalue weighted by Gasteiger charge is 2.34. The highest BCUT2D eigenvalue weighted by molar-refractivity contribution is 5.92. The van der Waals surface area contributed by atoms with E-state index < -0.39 is 29.5 Å². The van der Waals surface area contributed by atoms with Crippen LogP contribution in [0.15, 0.2) is 24.3 Å². The Morgan fingerprint density at radius 3 is 2.71 bits per heavy atom. The average molecular weight is 301 g/mol. The van der Waals surface area contributed by atoms with Crippen molar-refractivity contribution in [3.05, 3.63) is 29.8 Å². The van der Waals surface area contributed by atoms with Crippen molar-refractivity contribution in [2.75, 3.05) is 5.32 Å². The van der Waals surface area contributed by atoms with E-state index in [4.69, 9.17) is 4.74 Å². The largest absolute Gasteiger partial charge is 0.480 e. The molecule has 0 saturated heterocycles. The summed E-state index contributed by atoms with van der Waals surface area (Å²) in [6.45, 7) is 1.31. The summed E-state index contributed by atoms with van der Waals surface area (Å²) in [6, 6.07) is 4.63. The third kappa shape index (κ3) is 3.68. The van der Waals surface area contributed by atoms with E-state index in [0.717, 1.165) is 12.1 Å². The number of benzene rings is 1. The summed E-state index contributed by atoms with van der Waals surface area (Å²) in [5.41, 5.74) is -0.954. The van der Waals surface area contributed by atoms with E-state index in [0.29, 0.717) is 0 Å². The molecule has 112 valence electrons. The van der Waals surface area contributed by atoms with E-state index in [1.807, 2.05) is 0 Å². The molecule has 2 N–H and O–H groups in total. The summed E-state index contributed by atoms with van der Waals surface area (Å²) in [5, 5.41) is 14.6. The molecule has 21 heavy (non-hydrogen) atoms. The molecular weight excluding hydrogens is 291 g/mol. The minimum atomic E-state index is -4.57. The Kier molecular flexibility index (Phi) is 4.05. The maximum atomic E-state index is 12.8. The van der Waals surface area contributed by atoms with Gasteiger partial charge in [0.25, 0.3) is 11.9 Å². The van der Waals surface area contributed by atoms with Gasteiger partial charge in [-0.15, -0.1) is 5.10 Å². The minimum Gasteiger partial charge on any atom is -0.480 e. The smallest absolute Gasteiger partial charge is 0.419 e. The SMILES string of the molecule is C[C@H](Oc1ccccc1C(F)(F)F)C(=O)Nc1nn[nH]n1. The van der Waals surface area contributed by atoms with Gasteiger partial charge in [0.15, 0.2) is 6.10 Å². The van der Waals surface area contributed by atoms with E-state index in [1.54, 1.807) is 0 Å². The van der Waals surface area contributed by atoms with Gasteiger partial charge in [-0.1, -0.05) is 17.2 Å². The van der Waals surface area contributed by atoms with Crippen molar-refractivity contribution < 1.29 is 22.7 Å². The fourth-order valence-electron chi connectivity index (χ4n) is 1.47. The van der Waals surface area contributed by atoms with Crippen molar-refractivity contribution >= 4 is 11.9 Å². The molecule has 0 aliphatic rings. The van der Waals surface area contributed by atoms with E-state index in [-0.39, 0.29) is 5.95 Å². The highest BCUT2D eigenvalue weighted by atomic mass is 19.4. The number of aromatic amines is 1. The molecule has 0 unspecified atom stereocenters. The van der Waals surface area contributed by atoms with Gasteiger partial charge in [-0.05, 0) is 24.3 Å². The van der Waals surface area contributed by atoms with Crippen LogP contribution in [0.25, 0.3) is 0 Å². The van der Waals surface area contributed by atoms with Crippen LogP contribution in [0.1, 0.15) is 12.5 Å². The standard InChI is InChI=1S/C11H10F3N5O2/c1-6(9(20)15-10-16-18-19-17-10)21-8-5-3-2-4-7(8)11(12,13)14/h2-6H,1H3,(H2,15,16,17,18,19,20)/t6-/m0/s1. The van der Waals surface area contributed by atoms with E-state index in [1.165, 1.54) is 19.1 Å². The number of nitrogens with one attached hydrogen (secondary N) is 2. The van der Waals surface area contributed by atoms with Crippen LogP contribution in [0, 0.1) is 0 Å². The number of tetrazole rings is 1. The first kappa shape index (κ1) is 14.8. The summed E-state index contributed by atoms with van der Waals surface area (Å²) in [7, 11) is 0. The van der Waals surface area contributed by atoms with Gasteiger partial charge in [0, 0.05) is 0 Å². The summed E-state index contributed by atoms with van der Waals surface area (Å²) < 4.78 is 43.4. The average Bonchev–Trinajstić information content (AvgIpc) is 2.91. The number of rotatable bonds is 4. The molecule has 0 radical (unpaired) electrons. The Balaban J connectivity index is 2.09. The fraction of sp³-hybridized carbons (Fsp3) is 0.273. The van der Waals surface area contributed by atoms with Gasteiger partial charge in [0.1, 0.15) is 5.75 Å². The van der Waals surface area contributed by atoms with Crippen molar-refractivity contribution in [1.82, 2.24) is 20.6 Å². The first-order valence-corrected chi connectivity index (χ1v) is 5.75. The lowest BCUT2D eigenvalue weighted by Crippen LogP contribution is -2.31. The van der Waals surface area contributed by atoms with Crippen molar-refractivity contribution in [2.24, 2.45) is 0 Å². The maximum absolute atomic E-state index is 12.8. The number of para-hydroxylation sites is 1. The number of amides is 1. The topological polar surface area (TPSA) is 92.8 Å². The predicted octanol–water partition coefficient (Wildman–Crippen LogP) is 1.62. The molecule has 1 atom stereocenters. The van der Waals surface area contributed by atoms with Crippen LogP contribution in [-0.4, -0.2) is 32.6 Å². The van der Waals surface area contributed by atoms with Crippen molar-refractivity contribution in [3.63, 3.8) is 0 Å². The Bertz CT molecular complexity index is 615. The molecule has 1 aromatic heterocycles. The Hall–Kier alpha value is -2.65. The van der Waals surface area contributed by atoms with Gasteiger partial charge in [-0.25, -0.2) is 0 Å². The van der Waals surface area contributed by atoms with Gasteiger partial charge in [-0.3, -0.25) is 10.1 Å². The Labute approximate surface area is 116 Å². The number of halogens is 3. The highest BCUT2D eigenvalue weighted by Crippen LogP contribution is 2.36. The molecule has 2 aromatic rings. The lowest BCUT2D eigenvalue weighted by Gasteiger charge is -2.17. The van der Waals surface area contributed by atoms with Gasteiger partial charge in [-0.2, -0.15) is 18.4 Å². The zero-order chi connectivity index (χ0) is 15.5. The number of H-pyrrole nitrogens is 1. The molecule has 10 heteroatoms. The number of hydrogen-bond acceptors (Lipinski definition) is 5. The first-order valence-electron chi connectivity index (χ1n) is 5.75. The number of hydrogen-bond donors (Lipinski definition) is 2. The van der Waals surface area contributed by atoms with Crippen LogP contribution in [0.3, 0.4) is 0 Å². The van der Waals surface area contributed by atoms with Crippen LogP contribution >= 0.6 is 0 Å². The predicted molar refractivity (Wildman–Crippen MR) is 64.3 cm³/mol. The lowest BCUT2D eigenvalue weighted by molar-refractivity contribution is -0.140. The molecule has 0 aliphatic heterocycles. The zero-order valence-electron chi connectivity index (χ0n) is 10.7. The van der Waals surface area contributed by atoms with Crippen molar-refractivity contribution in [2.45, 2.75) is 19.2 Å². The van der Waals surface area contributed by atoms with Crippen LogP contribution in [0.2, 0.25) is 0 Å². The molecular formula is C11H10F3N5O2. The van der Waals surface area contributed by atoms with Crippen molar-refractivity contribution in [3.8, 4) is 5.75 Å². The Morgan fingerprint density at radius 2 is 2.10 bits per heavy atom. The summed E-state index contributed by atoms with van der Waals surface area (Å²) in [5.74, 6) is -1.23. The number of anilines is 1. The maximum Gasteiger partial charge on any atom is 0.419 e. The monoisotopic (exact) mass is 301 g/mol. The summed E-state index contributed by atoms with van der Waals surface area (Å²) in [4.78, 5) is 11.7. The molecule has 0 fully saturated rings. The lowest BCUT2D eigenvalue weighted by atomic mass is 10.2. The van der Waals surface area contributed by atoms with E-state index in [2.05, 4.69) is 25.9 Å². The second-order valence-corrected chi connectivity index (χ2v) is 3.98. The molecule has 0 saturated carbocycles. The molecule has 0 aliphatic carbocycles. The van der Waals surface area contributed by atoms with Crippen LogP contribution in [0.4, 0.5) is 19.1 Å². The first-order chi connectivity index (χ1) is 9.88. The number of aromatic nitrogens is 4. The van der Waals surface area contributed by atoms with Crippen LogP contribution in [-0.2, 0) is 11.0 Å². The third-order valence-corrected chi connectivity index (χ3v) is 2.45. The molecule has 2 rings (SSSR count). The Morgan fingerprint density at radius 1 is 1.38 bits per heavy atom.